The standard InChI is InChI=1S/C20H21N3O2/c1-13(14-8-9-16-17(12-14)23-19(25)22-16)21-18(24)20(10-5-11-20)15-6-3-2-4-7-15/h2-4,6-9,12-13H,5,10-11H2,1H3,(H,21,24)(H2,22,23,25)/t13-/m0/s1. The number of H-pyrrole nitrogens is 2. The number of nitrogens with one attached hydrogen (secondary N) is 3. The van der Waals surface area contributed by atoms with Crippen LogP contribution < -0.4 is 11.0 Å². The molecule has 5 nitrogen and oxygen atoms in total. The first-order valence-electron chi connectivity index (χ1n) is 8.67. The van der Waals surface area contributed by atoms with Crippen molar-refractivity contribution < 1.29 is 4.79 Å². The van der Waals surface area contributed by atoms with Gasteiger partial charge in [-0.05, 0) is 43.0 Å². The molecule has 2 aromatic carbocycles. The Kier molecular flexibility index (Phi) is 3.71. The molecule has 1 heterocycles. The number of fused-ring (bicyclic) bond motifs is 1. The van der Waals surface area contributed by atoms with Crippen LogP contribution in [0.2, 0.25) is 0 Å². The molecule has 0 unspecified atom stereocenters. The van der Waals surface area contributed by atoms with Crippen LogP contribution in [0.3, 0.4) is 0 Å². The summed E-state index contributed by atoms with van der Waals surface area (Å²) < 4.78 is 0. The Labute approximate surface area is 145 Å². The predicted molar refractivity (Wildman–Crippen MR) is 97.4 cm³/mol. The highest BCUT2D eigenvalue weighted by molar-refractivity contribution is 5.89. The molecule has 0 radical (unpaired) electrons. The van der Waals surface area contributed by atoms with Gasteiger partial charge in [0, 0.05) is 0 Å². The summed E-state index contributed by atoms with van der Waals surface area (Å²) in [6.07, 6.45) is 2.85. The second-order valence-electron chi connectivity index (χ2n) is 6.88. The van der Waals surface area contributed by atoms with E-state index in [-0.39, 0.29) is 17.6 Å². The van der Waals surface area contributed by atoms with Crippen molar-refractivity contribution in [1.29, 1.82) is 0 Å². The number of imidazole rings is 1. The third-order valence-corrected chi connectivity index (χ3v) is 5.36. The fraction of sp³-hybridized carbons (Fsp3) is 0.300. The van der Waals surface area contributed by atoms with Gasteiger partial charge in [0.1, 0.15) is 0 Å². The van der Waals surface area contributed by atoms with Crippen molar-refractivity contribution in [2.24, 2.45) is 0 Å². The fourth-order valence-corrected chi connectivity index (χ4v) is 3.67. The molecule has 1 aliphatic carbocycles. The molecule has 25 heavy (non-hydrogen) atoms. The van der Waals surface area contributed by atoms with E-state index in [2.05, 4.69) is 15.3 Å². The van der Waals surface area contributed by atoms with Gasteiger partial charge in [0.2, 0.25) is 5.91 Å². The minimum absolute atomic E-state index is 0.0834. The summed E-state index contributed by atoms with van der Waals surface area (Å²) in [5.74, 6) is 0.0834. The lowest BCUT2D eigenvalue weighted by Gasteiger charge is -2.41. The number of amides is 1. The lowest BCUT2D eigenvalue weighted by molar-refractivity contribution is -0.130. The van der Waals surface area contributed by atoms with Crippen LogP contribution >= 0.6 is 0 Å². The minimum Gasteiger partial charge on any atom is -0.349 e. The Hall–Kier alpha value is -2.82. The number of carbonyl (C=O) groups excluding carboxylic acids is 1. The molecule has 1 fully saturated rings. The van der Waals surface area contributed by atoms with E-state index in [0.29, 0.717) is 0 Å². The van der Waals surface area contributed by atoms with E-state index in [1.807, 2.05) is 55.5 Å². The average Bonchev–Trinajstić information content (AvgIpc) is 2.94. The first kappa shape index (κ1) is 15.7. The molecule has 1 saturated carbocycles. The second kappa shape index (κ2) is 5.92. The van der Waals surface area contributed by atoms with E-state index >= 15 is 0 Å². The van der Waals surface area contributed by atoms with Crippen molar-refractivity contribution in [3.8, 4) is 0 Å². The lowest BCUT2D eigenvalue weighted by Crippen LogP contribution is -2.49. The van der Waals surface area contributed by atoms with Crippen LogP contribution in [0.25, 0.3) is 11.0 Å². The molecular formula is C20H21N3O2. The highest BCUT2D eigenvalue weighted by Crippen LogP contribution is 2.44. The Morgan fingerprint density at radius 3 is 2.48 bits per heavy atom. The van der Waals surface area contributed by atoms with Crippen LogP contribution in [0.1, 0.15) is 43.4 Å². The zero-order valence-electron chi connectivity index (χ0n) is 14.1. The summed E-state index contributed by atoms with van der Waals surface area (Å²) in [5.41, 5.74) is 2.97. The molecule has 128 valence electrons. The first-order chi connectivity index (χ1) is 12.1. The Morgan fingerprint density at radius 2 is 1.80 bits per heavy atom. The van der Waals surface area contributed by atoms with Gasteiger partial charge >= 0.3 is 5.69 Å². The Balaban J connectivity index is 1.57. The van der Waals surface area contributed by atoms with E-state index in [9.17, 15) is 9.59 Å². The van der Waals surface area contributed by atoms with Gasteiger partial charge in [-0.2, -0.15) is 0 Å². The maximum Gasteiger partial charge on any atom is 0.323 e. The summed E-state index contributed by atoms with van der Waals surface area (Å²) >= 11 is 0. The van der Waals surface area contributed by atoms with E-state index in [0.717, 1.165) is 41.4 Å². The van der Waals surface area contributed by atoms with Crippen molar-refractivity contribution in [3.63, 3.8) is 0 Å². The smallest absolute Gasteiger partial charge is 0.323 e. The fourth-order valence-electron chi connectivity index (χ4n) is 3.67. The predicted octanol–water partition coefficient (Wildman–Crippen LogP) is 3.16. The number of aromatic amines is 2. The zero-order chi connectivity index (χ0) is 17.4. The van der Waals surface area contributed by atoms with Crippen LogP contribution in [-0.4, -0.2) is 15.9 Å². The number of aromatic nitrogens is 2. The third kappa shape index (κ3) is 2.65. The van der Waals surface area contributed by atoms with Crippen molar-refractivity contribution in [2.45, 2.75) is 37.6 Å². The van der Waals surface area contributed by atoms with Crippen LogP contribution in [0.5, 0.6) is 0 Å². The van der Waals surface area contributed by atoms with Crippen molar-refractivity contribution >= 4 is 16.9 Å². The van der Waals surface area contributed by atoms with E-state index in [4.69, 9.17) is 0 Å². The van der Waals surface area contributed by atoms with Gasteiger partial charge in [-0.3, -0.25) is 4.79 Å². The molecule has 1 aliphatic rings. The molecule has 1 amide bonds. The van der Waals surface area contributed by atoms with Gasteiger partial charge in [0.15, 0.2) is 0 Å². The quantitative estimate of drug-likeness (QED) is 0.685. The molecular weight excluding hydrogens is 314 g/mol. The van der Waals surface area contributed by atoms with Gasteiger partial charge in [0.05, 0.1) is 22.5 Å². The Morgan fingerprint density at radius 1 is 1.08 bits per heavy atom. The summed E-state index contributed by atoms with van der Waals surface area (Å²) in [7, 11) is 0. The monoisotopic (exact) mass is 335 g/mol. The molecule has 0 aliphatic heterocycles. The van der Waals surface area contributed by atoms with Crippen molar-refractivity contribution in [3.05, 3.63) is 70.1 Å². The topological polar surface area (TPSA) is 77.8 Å². The summed E-state index contributed by atoms with van der Waals surface area (Å²) in [5, 5.41) is 3.17. The molecule has 4 rings (SSSR count). The number of hydrogen-bond donors (Lipinski definition) is 3. The van der Waals surface area contributed by atoms with Crippen molar-refractivity contribution in [1.82, 2.24) is 15.3 Å². The lowest BCUT2D eigenvalue weighted by atomic mass is 9.63. The maximum atomic E-state index is 13.0. The van der Waals surface area contributed by atoms with Gasteiger partial charge in [0.25, 0.3) is 0 Å². The van der Waals surface area contributed by atoms with Crippen LogP contribution in [0, 0.1) is 0 Å². The highest BCUT2D eigenvalue weighted by Gasteiger charge is 2.45. The maximum absolute atomic E-state index is 13.0. The average molecular weight is 335 g/mol. The van der Waals surface area contributed by atoms with Gasteiger partial charge in [-0.15, -0.1) is 0 Å². The van der Waals surface area contributed by atoms with E-state index in [1.54, 1.807) is 0 Å². The highest BCUT2D eigenvalue weighted by atomic mass is 16.2. The summed E-state index contributed by atoms with van der Waals surface area (Å²) in [4.78, 5) is 29.9. The molecule has 0 saturated heterocycles. The van der Waals surface area contributed by atoms with Gasteiger partial charge in [-0.1, -0.05) is 42.8 Å². The van der Waals surface area contributed by atoms with Crippen LogP contribution in [-0.2, 0) is 10.2 Å². The number of hydrogen-bond acceptors (Lipinski definition) is 2. The largest absolute Gasteiger partial charge is 0.349 e. The van der Waals surface area contributed by atoms with E-state index < -0.39 is 5.41 Å². The summed E-state index contributed by atoms with van der Waals surface area (Å²) in [6.45, 7) is 1.97. The molecule has 3 N–H and O–H groups in total. The number of carbonyl (C=O) groups is 1. The molecule has 1 atom stereocenters. The third-order valence-electron chi connectivity index (χ3n) is 5.36. The summed E-state index contributed by atoms with van der Waals surface area (Å²) in [6, 6.07) is 15.6. The van der Waals surface area contributed by atoms with Crippen LogP contribution in [0.4, 0.5) is 0 Å². The zero-order valence-corrected chi connectivity index (χ0v) is 14.1. The van der Waals surface area contributed by atoms with Gasteiger partial charge in [-0.25, -0.2) is 4.79 Å². The normalized spacial score (nSPS) is 17.0. The molecule has 5 heteroatoms. The molecule has 3 aromatic rings. The minimum atomic E-state index is -0.401. The molecule has 0 spiro atoms. The van der Waals surface area contributed by atoms with Crippen molar-refractivity contribution in [2.75, 3.05) is 0 Å². The van der Waals surface area contributed by atoms with Gasteiger partial charge < -0.3 is 15.3 Å². The van der Waals surface area contributed by atoms with Crippen LogP contribution in [0.15, 0.2) is 53.3 Å². The number of rotatable bonds is 4. The van der Waals surface area contributed by atoms with E-state index in [1.165, 1.54) is 0 Å². The molecule has 1 aromatic heterocycles. The second-order valence-corrected chi connectivity index (χ2v) is 6.88. The molecule has 0 bridgehead atoms. The SMILES string of the molecule is C[C@H](NC(=O)C1(c2ccccc2)CCC1)c1ccc2[nH]c(=O)[nH]c2c1. The first-order valence-corrected chi connectivity index (χ1v) is 8.67. The Bertz CT molecular complexity index is 967. The number of benzene rings is 2.